The van der Waals surface area contributed by atoms with Crippen molar-refractivity contribution < 1.29 is 26.5 Å². The van der Waals surface area contributed by atoms with E-state index < -0.39 is 39.1 Å². The van der Waals surface area contributed by atoms with Crippen molar-refractivity contribution in [2.75, 3.05) is 23.9 Å². The van der Waals surface area contributed by atoms with E-state index in [4.69, 9.17) is 4.11 Å². The lowest BCUT2D eigenvalue weighted by molar-refractivity contribution is -0.117. The summed E-state index contributed by atoms with van der Waals surface area (Å²) in [7, 11) is -3.94. The predicted octanol–water partition coefficient (Wildman–Crippen LogP) is 1.26. The van der Waals surface area contributed by atoms with Crippen LogP contribution in [0.1, 0.15) is 33.9 Å². The molecule has 1 unspecified atom stereocenters. The summed E-state index contributed by atoms with van der Waals surface area (Å²) in [5.74, 6) is -2.80. The molecule has 10 nitrogen and oxygen atoms in total. The van der Waals surface area contributed by atoms with Crippen molar-refractivity contribution in [3.8, 4) is 0 Å². The first-order valence-corrected chi connectivity index (χ1v) is 10.8. The number of halogens is 1. The lowest BCUT2D eigenvalue weighted by Gasteiger charge is -2.13. The Labute approximate surface area is 175 Å². The number of rotatable bonds is 6. The molecule has 30 heavy (non-hydrogen) atoms. The second-order valence-corrected chi connectivity index (χ2v) is 9.44. The normalized spacial score (nSPS) is 20.5. The number of hydrogen-bond donors (Lipinski definition) is 3. The third-order valence-electron chi connectivity index (χ3n) is 5.24. The largest absolute Gasteiger partial charge is 0.354 e. The average Bonchev–Trinajstić information content (AvgIpc) is 3.60. The maximum absolute atomic E-state index is 13.6. The van der Waals surface area contributed by atoms with Gasteiger partial charge in [-0.1, -0.05) is 0 Å². The van der Waals surface area contributed by atoms with Crippen molar-refractivity contribution in [2.45, 2.75) is 24.2 Å². The van der Waals surface area contributed by atoms with E-state index >= 15 is 0 Å². The molecule has 0 bridgehead atoms. The minimum atomic E-state index is -3.94. The predicted molar refractivity (Wildman–Crippen MR) is 104 cm³/mol. The molecule has 12 heteroatoms. The first kappa shape index (κ1) is 16.6. The monoisotopic (exact) mass is 437 g/mol. The van der Waals surface area contributed by atoms with Gasteiger partial charge >= 0.3 is 0 Å². The Kier molecular flexibility index (Phi) is 3.86. The van der Waals surface area contributed by atoms with Crippen LogP contribution in [0.25, 0.3) is 0 Å². The van der Waals surface area contributed by atoms with Gasteiger partial charge in [-0.3, -0.25) is 9.59 Å². The molecule has 0 radical (unpaired) electrons. The van der Waals surface area contributed by atoms with E-state index in [0.29, 0.717) is 0 Å². The zero-order chi connectivity index (χ0) is 24.2. The average molecular weight is 437 g/mol. The van der Waals surface area contributed by atoms with Gasteiger partial charge in [-0.2, -0.15) is 0 Å². The number of sulfone groups is 1. The third kappa shape index (κ3) is 3.82. The molecule has 2 aliphatic rings. The van der Waals surface area contributed by atoms with E-state index in [2.05, 4.69) is 25.8 Å². The van der Waals surface area contributed by atoms with Gasteiger partial charge in [-0.15, -0.1) is 10.2 Å². The Bertz CT molecular complexity index is 1270. The van der Waals surface area contributed by atoms with E-state index in [-0.39, 0.29) is 34.6 Å². The topological polar surface area (TPSA) is 143 Å². The standard InChI is InChI=1S/C18H19FN6O4S/c1-20-17(27)14-11(22-15-12(30(2,28)29)5-9(19)8-21-15)6-13(24-25-14)23-16(26)10-7-18(10)3-4-18/h5-6,8,10H,3-4,7H2,1-2H3,(H,20,27)(H2,21,22,23,24,26)/i1D3. The van der Waals surface area contributed by atoms with Gasteiger partial charge in [0.1, 0.15) is 16.5 Å². The van der Waals surface area contributed by atoms with Gasteiger partial charge in [0.2, 0.25) is 5.91 Å². The highest BCUT2D eigenvalue weighted by Crippen LogP contribution is 2.70. The quantitative estimate of drug-likeness (QED) is 0.613. The van der Waals surface area contributed by atoms with Gasteiger partial charge in [-0.05, 0) is 30.7 Å². The van der Waals surface area contributed by atoms with Crippen molar-refractivity contribution in [3.05, 3.63) is 29.8 Å². The molecule has 2 amide bonds. The highest BCUT2D eigenvalue weighted by Gasteiger charge is 2.65. The summed E-state index contributed by atoms with van der Waals surface area (Å²) in [5.41, 5.74) is -0.608. The van der Waals surface area contributed by atoms with E-state index in [9.17, 15) is 22.4 Å². The molecule has 2 heterocycles. The fraction of sp³-hybridized carbons (Fsp3) is 0.389. The molecule has 2 saturated carbocycles. The fourth-order valence-corrected chi connectivity index (χ4v) is 4.13. The molecule has 0 saturated heterocycles. The molecule has 0 aromatic carbocycles. The van der Waals surface area contributed by atoms with Crippen LogP contribution in [-0.4, -0.2) is 48.6 Å². The summed E-state index contributed by atoms with van der Waals surface area (Å²) < 4.78 is 59.4. The number of pyridine rings is 1. The van der Waals surface area contributed by atoms with Gasteiger partial charge in [0.15, 0.2) is 21.3 Å². The third-order valence-corrected chi connectivity index (χ3v) is 6.35. The Hall–Kier alpha value is -3.15. The molecule has 0 aliphatic heterocycles. The van der Waals surface area contributed by atoms with Crippen molar-refractivity contribution in [1.29, 1.82) is 0 Å². The summed E-state index contributed by atoms with van der Waals surface area (Å²) in [5, 5.41) is 14.4. The van der Waals surface area contributed by atoms with Crippen molar-refractivity contribution >= 4 is 39.0 Å². The smallest absolute Gasteiger partial charge is 0.273 e. The second kappa shape index (κ2) is 6.97. The van der Waals surface area contributed by atoms with Crippen LogP contribution in [0.5, 0.6) is 0 Å². The van der Waals surface area contributed by atoms with Crippen LogP contribution in [-0.2, 0) is 14.6 Å². The summed E-state index contributed by atoms with van der Waals surface area (Å²) >= 11 is 0. The highest BCUT2D eigenvalue weighted by molar-refractivity contribution is 7.90. The van der Waals surface area contributed by atoms with Gasteiger partial charge in [0.05, 0.1) is 11.9 Å². The summed E-state index contributed by atoms with van der Waals surface area (Å²) in [6.07, 6.45) is 4.37. The van der Waals surface area contributed by atoms with Crippen LogP contribution in [0.3, 0.4) is 0 Å². The SMILES string of the molecule is [2H]C([2H])([2H])NC(=O)c1nnc(NC(=O)C2CC23CC3)cc1Nc1ncc(F)cc1S(C)(=O)=O. The van der Waals surface area contributed by atoms with Crippen LogP contribution in [0.4, 0.5) is 21.7 Å². The minimum Gasteiger partial charge on any atom is -0.354 e. The van der Waals surface area contributed by atoms with Crippen molar-refractivity contribution in [2.24, 2.45) is 11.3 Å². The molecule has 4 rings (SSSR count). The Morgan fingerprint density at radius 1 is 1.30 bits per heavy atom. The first-order chi connectivity index (χ1) is 15.3. The Morgan fingerprint density at radius 3 is 2.70 bits per heavy atom. The van der Waals surface area contributed by atoms with Crippen LogP contribution in [0, 0.1) is 17.2 Å². The lowest BCUT2D eigenvalue weighted by atomic mass is 10.2. The Morgan fingerprint density at radius 2 is 2.07 bits per heavy atom. The molecule has 3 N–H and O–H groups in total. The van der Waals surface area contributed by atoms with Crippen LogP contribution in [0.2, 0.25) is 0 Å². The number of amides is 2. The molecule has 2 aromatic heterocycles. The van der Waals surface area contributed by atoms with E-state index in [1.165, 1.54) is 6.07 Å². The summed E-state index contributed by atoms with van der Waals surface area (Å²) in [6, 6.07) is 1.94. The van der Waals surface area contributed by atoms with Crippen LogP contribution >= 0.6 is 0 Å². The van der Waals surface area contributed by atoms with Gasteiger partial charge in [0, 0.05) is 29.3 Å². The van der Waals surface area contributed by atoms with E-state index in [1.54, 1.807) is 5.32 Å². The molecule has 158 valence electrons. The molecular formula is C18H19FN6O4S. The number of carbonyl (C=O) groups is 2. The second-order valence-electron chi connectivity index (χ2n) is 7.45. The maximum atomic E-state index is 13.6. The number of aromatic nitrogens is 3. The number of hydrogen-bond acceptors (Lipinski definition) is 8. The number of nitrogens with one attached hydrogen (secondary N) is 3. The molecule has 1 atom stereocenters. The van der Waals surface area contributed by atoms with Gasteiger partial charge in [-0.25, -0.2) is 17.8 Å². The van der Waals surface area contributed by atoms with Crippen molar-refractivity contribution in [1.82, 2.24) is 20.5 Å². The lowest BCUT2D eigenvalue weighted by Crippen LogP contribution is -2.23. The molecular weight excluding hydrogens is 415 g/mol. The number of carbonyl (C=O) groups excluding carboxylic acids is 2. The van der Waals surface area contributed by atoms with Gasteiger partial charge in [0.25, 0.3) is 5.91 Å². The first-order valence-electron chi connectivity index (χ1n) is 10.4. The highest BCUT2D eigenvalue weighted by atomic mass is 32.2. The molecule has 2 aliphatic carbocycles. The Balaban J connectivity index is 1.69. The van der Waals surface area contributed by atoms with E-state index in [0.717, 1.165) is 37.8 Å². The van der Waals surface area contributed by atoms with Crippen LogP contribution < -0.4 is 16.0 Å². The van der Waals surface area contributed by atoms with Gasteiger partial charge < -0.3 is 16.0 Å². The summed E-state index contributed by atoms with van der Waals surface area (Å²) in [6.45, 7) is -2.83. The summed E-state index contributed by atoms with van der Waals surface area (Å²) in [4.78, 5) is 28.1. The molecule has 2 aromatic rings. The zero-order valence-corrected chi connectivity index (χ0v) is 16.5. The number of nitrogens with zero attached hydrogens (tertiary/aromatic N) is 3. The fourth-order valence-electron chi connectivity index (χ4n) is 3.34. The maximum Gasteiger partial charge on any atom is 0.273 e. The zero-order valence-electron chi connectivity index (χ0n) is 18.7. The number of anilines is 3. The minimum absolute atomic E-state index is 0.0429. The van der Waals surface area contributed by atoms with Crippen LogP contribution in [0.15, 0.2) is 23.2 Å². The molecule has 2 fully saturated rings. The molecule has 1 spiro atoms. The van der Waals surface area contributed by atoms with E-state index in [1.807, 2.05) is 0 Å². The van der Waals surface area contributed by atoms with Crippen molar-refractivity contribution in [3.63, 3.8) is 0 Å².